The molecule has 1 amide bonds. The molecule has 0 aliphatic carbocycles. The lowest BCUT2D eigenvalue weighted by Gasteiger charge is -2.20. The van der Waals surface area contributed by atoms with E-state index in [0.29, 0.717) is 12.2 Å². The molecule has 156 valence electrons. The van der Waals surface area contributed by atoms with E-state index in [1.165, 1.54) is 4.68 Å². The Morgan fingerprint density at radius 2 is 2.07 bits per heavy atom. The minimum Gasteiger partial charge on any atom is -0.274 e. The van der Waals surface area contributed by atoms with Gasteiger partial charge in [0.2, 0.25) is 5.91 Å². The highest BCUT2D eigenvalue weighted by Crippen LogP contribution is 2.30. The van der Waals surface area contributed by atoms with Crippen LogP contribution in [0.2, 0.25) is 5.15 Å². The van der Waals surface area contributed by atoms with Gasteiger partial charge in [-0.05, 0) is 32.4 Å². The third-order valence-electron chi connectivity index (χ3n) is 4.25. The molecule has 1 aromatic carbocycles. The molecule has 0 radical (unpaired) electrons. The van der Waals surface area contributed by atoms with Crippen molar-refractivity contribution in [2.45, 2.75) is 35.9 Å². The van der Waals surface area contributed by atoms with Gasteiger partial charge in [-0.15, -0.1) is 11.3 Å². The van der Waals surface area contributed by atoms with Crippen molar-refractivity contribution in [3.8, 4) is 0 Å². The van der Waals surface area contributed by atoms with Crippen LogP contribution in [0.1, 0.15) is 25.5 Å². The minimum absolute atomic E-state index is 0.000131. The normalized spacial score (nSPS) is 11.9. The largest absolute Gasteiger partial charge is 0.274 e. The zero-order chi connectivity index (χ0) is 21.2. The van der Waals surface area contributed by atoms with Crippen molar-refractivity contribution in [2.24, 2.45) is 7.05 Å². The molecular weight excluding hydrogens is 452 g/mol. The summed E-state index contributed by atoms with van der Waals surface area (Å²) in [5.41, 5.74) is 1.23. The number of nitrogens with zero attached hydrogens (tertiary/aromatic N) is 4. The zero-order valence-corrected chi connectivity index (χ0v) is 19.5. The highest BCUT2D eigenvalue weighted by atomic mass is 35.5. The summed E-state index contributed by atoms with van der Waals surface area (Å²) in [6, 6.07) is 7.92. The minimum atomic E-state index is -4.05. The Hall–Kier alpha value is -1.62. The summed E-state index contributed by atoms with van der Waals surface area (Å²) in [6.07, 6.45) is 0.674. The third-order valence-corrected chi connectivity index (χ3v) is 9.11. The van der Waals surface area contributed by atoms with E-state index in [0.717, 1.165) is 18.9 Å². The van der Waals surface area contributed by atoms with Crippen LogP contribution in [-0.4, -0.2) is 45.7 Å². The highest BCUT2D eigenvalue weighted by molar-refractivity contribution is 8.01. The smallest absolute Gasteiger partial charge is 0.271 e. The first-order valence-corrected chi connectivity index (χ1v) is 12.6. The van der Waals surface area contributed by atoms with Crippen LogP contribution < -0.4 is 0 Å². The Bertz CT molecular complexity index is 1110. The van der Waals surface area contributed by atoms with Gasteiger partial charge in [-0.2, -0.15) is 5.10 Å². The number of fused-ring (bicyclic) bond motifs is 1. The maximum atomic E-state index is 13.0. The van der Waals surface area contributed by atoms with Gasteiger partial charge in [-0.25, -0.2) is 17.7 Å². The predicted octanol–water partition coefficient (Wildman–Crippen LogP) is 4.10. The summed E-state index contributed by atoms with van der Waals surface area (Å²) in [4.78, 5) is 17.1. The van der Waals surface area contributed by atoms with Gasteiger partial charge in [-0.3, -0.25) is 9.48 Å². The maximum absolute atomic E-state index is 13.0. The maximum Gasteiger partial charge on any atom is 0.271 e. The number of benzene rings is 1. The number of aryl methyl sites for hydroxylation is 2. The van der Waals surface area contributed by atoms with E-state index in [9.17, 15) is 13.2 Å². The van der Waals surface area contributed by atoms with Crippen molar-refractivity contribution in [1.29, 1.82) is 0 Å². The monoisotopic (exact) mass is 472 g/mol. The van der Waals surface area contributed by atoms with Crippen LogP contribution in [0.5, 0.6) is 0 Å². The molecule has 0 unspecified atom stereocenters. The predicted molar refractivity (Wildman–Crippen MR) is 117 cm³/mol. The molecule has 0 aliphatic heterocycles. The van der Waals surface area contributed by atoms with E-state index >= 15 is 0 Å². The number of thiazole rings is 1. The van der Waals surface area contributed by atoms with E-state index in [1.54, 1.807) is 44.0 Å². The summed E-state index contributed by atoms with van der Waals surface area (Å²) >= 11 is 9.29. The number of para-hydroxylation sites is 1. The van der Waals surface area contributed by atoms with Crippen LogP contribution in [0.15, 0.2) is 33.5 Å². The van der Waals surface area contributed by atoms with Crippen LogP contribution in [0, 0.1) is 6.92 Å². The average Bonchev–Trinajstić information content (AvgIpc) is 3.19. The van der Waals surface area contributed by atoms with Crippen LogP contribution in [0.3, 0.4) is 0 Å². The van der Waals surface area contributed by atoms with Gasteiger partial charge in [-0.1, -0.05) is 35.5 Å². The number of thioether (sulfide) groups is 1. The summed E-state index contributed by atoms with van der Waals surface area (Å²) in [5, 5.41) is 4.04. The first-order chi connectivity index (χ1) is 13.8. The fourth-order valence-corrected chi connectivity index (χ4v) is 7.14. The Labute approximate surface area is 183 Å². The number of hydrogen-bond donors (Lipinski definition) is 0. The van der Waals surface area contributed by atoms with Crippen molar-refractivity contribution in [2.75, 3.05) is 12.3 Å². The van der Waals surface area contributed by atoms with E-state index in [2.05, 4.69) is 10.1 Å². The first-order valence-electron chi connectivity index (χ1n) is 8.98. The molecule has 2 heterocycles. The van der Waals surface area contributed by atoms with Gasteiger partial charge in [0, 0.05) is 25.8 Å². The number of carbonyl (C=O) groups excluding carboxylic acids is 1. The average molecular weight is 473 g/mol. The number of carbonyl (C=O) groups is 1. The fraction of sp³-hybridized carbons (Fsp3) is 0.389. The highest BCUT2D eigenvalue weighted by Gasteiger charge is 2.33. The number of halogens is 1. The number of sulfonamides is 1. The summed E-state index contributed by atoms with van der Waals surface area (Å²) in [6.45, 7) is 3.23. The Morgan fingerprint density at radius 3 is 2.69 bits per heavy atom. The van der Waals surface area contributed by atoms with Gasteiger partial charge in [0.15, 0.2) is 4.34 Å². The molecule has 3 rings (SSSR count). The number of rotatable bonds is 8. The van der Waals surface area contributed by atoms with Crippen molar-refractivity contribution >= 4 is 60.8 Å². The van der Waals surface area contributed by atoms with Crippen molar-refractivity contribution < 1.29 is 13.2 Å². The van der Waals surface area contributed by atoms with Gasteiger partial charge >= 0.3 is 0 Å². The van der Waals surface area contributed by atoms with Gasteiger partial charge in [0.25, 0.3) is 10.0 Å². The standard InChI is InChI=1S/C18H21ClN4O3S3/c1-4-23(29(25,26)16-12(2)21-22(3)17(16)19)15(24)10-7-11-27-18-20-13-8-5-6-9-14(13)28-18/h5-6,8-9H,4,7,10-11H2,1-3H3. The lowest BCUT2D eigenvalue weighted by molar-refractivity contribution is -0.126. The molecule has 2 aromatic heterocycles. The SMILES string of the molecule is CCN(C(=O)CCCSc1nc2ccccc2s1)S(=O)(=O)c1c(C)nn(C)c1Cl. The van der Waals surface area contributed by atoms with E-state index in [1.807, 2.05) is 24.3 Å². The van der Waals surface area contributed by atoms with Crippen molar-refractivity contribution in [3.05, 3.63) is 35.1 Å². The second-order valence-electron chi connectivity index (χ2n) is 6.29. The topological polar surface area (TPSA) is 85.2 Å². The van der Waals surface area contributed by atoms with Gasteiger partial charge in [0.05, 0.1) is 15.9 Å². The fourth-order valence-electron chi connectivity index (χ4n) is 2.91. The molecule has 0 atom stereocenters. The lowest BCUT2D eigenvalue weighted by Crippen LogP contribution is -2.37. The molecule has 0 N–H and O–H groups in total. The molecule has 0 bridgehead atoms. The second-order valence-corrected chi connectivity index (χ2v) is 10.8. The quantitative estimate of drug-likeness (QED) is 0.362. The van der Waals surface area contributed by atoms with E-state index in [4.69, 9.17) is 11.6 Å². The number of hydrogen-bond acceptors (Lipinski definition) is 7. The molecule has 0 saturated carbocycles. The van der Waals surface area contributed by atoms with E-state index in [-0.39, 0.29) is 28.7 Å². The van der Waals surface area contributed by atoms with Gasteiger partial charge < -0.3 is 0 Å². The summed E-state index contributed by atoms with van der Waals surface area (Å²) in [5.74, 6) is 0.229. The first kappa shape index (κ1) is 22.1. The summed E-state index contributed by atoms with van der Waals surface area (Å²) < 4.78 is 30.2. The molecule has 0 fully saturated rings. The van der Waals surface area contributed by atoms with Crippen LogP contribution in [-0.2, 0) is 21.9 Å². The van der Waals surface area contributed by atoms with Crippen LogP contribution in [0.4, 0.5) is 0 Å². The molecule has 0 spiro atoms. The van der Waals surface area contributed by atoms with Crippen molar-refractivity contribution in [3.63, 3.8) is 0 Å². The Balaban J connectivity index is 1.62. The van der Waals surface area contributed by atoms with E-state index < -0.39 is 15.9 Å². The molecular formula is C18H21ClN4O3S3. The zero-order valence-electron chi connectivity index (χ0n) is 16.3. The lowest BCUT2D eigenvalue weighted by atomic mass is 10.3. The van der Waals surface area contributed by atoms with Crippen molar-refractivity contribution in [1.82, 2.24) is 19.1 Å². The second kappa shape index (κ2) is 9.03. The molecule has 3 aromatic rings. The molecule has 0 aliphatic rings. The Morgan fingerprint density at radius 1 is 1.34 bits per heavy atom. The molecule has 7 nitrogen and oxygen atoms in total. The van der Waals surface area contributed by atoms with Gasteiger partial charge in [0.1, 0.15) is 10.0 Å². The number of aromatic nitrogens is 3. The molecule has 29 heavy (non-hydrogen) atoms. The molecule has 11 heteroatoms. The molecule has 0 saturated heterocycles. The van der Waals surface area contributed by atoms with Crippen LogP contribution >= 0.6 is 34.7 Å². The summed E-state index contributed by atoms with van der Waals surface area (Å²) in [7, 11) is -2.48. The Kier molecular flexibility index (Phi) is 6.87. The van der Waals surface area contributed by atoms with Crippen LogP contribution in [0.25, 0.3) is 10.2 Å². The third kappa shape index (κ3) is 4.60. The number of amides is 1.